The van der Waals surface area contributed by atoms with Crippen molar-refractivity contribution < 1.29 is 27.5 Å². The lowest BCUT2D eigenvalue weighted by Gasteiger charge is -2.26. The molecule has 2 aromatic rings. The average Bonchev–Trinajstić information content (AvgIpc) is 3.21. The number of amides is 2. The van der Waals surface area contributed by atoms with Gasteiger partial charge in [-0.15, -0.1) is 0 Å². The van der Waals surface area contributed by atoms with Gasteiger partial charge >= 0.3 is 0 Å². The van der Waals surface area contributed by atoms with Gasteiger partial charge < -0.3 is 9.47 Å². The lowest BCUT2D eigenvalue weighted by atomic mass is 10.1. The Bertz CT molecular complexity index is 1120. The second-order valence-electron chi connectivity index (χ2n) is 7.05. The monoisotopic (exact) mass is 465 g/mol. The van der Waals surface area contributed by atoms with Gasteiger partial charge in [-0.2, -0.15) is 4.31 Å². The first-order chi connectivity index (χ1) is 14.8. The summed E-state index contributed by atoms with van der Waals surface area (Å²) in [5, 5.41) is 0.545. The van der Waals surface area contributed by atoms with Crippen molar-refractivity contribution in [3.05, 3.63) is 58.6 Å². The van der Waals surface area contributed by atoms with Crippen LogP contribution in [0, 0.1) is 0 Å². The largest absolute Gasteiger partial charge is 0.480 e. The third-order valence-electron chi connectivity index (χ3n) is 4.99. The number of sulfonamides is 1. The summed E-state index contributed by atoms with van der Waals surface area (Å²) in [6.07, 6.45) is -0.480. The molecule has 4 rings (SSSR count). The molecule has 2 aliphatic heterocycles. The number of ether oxygens (including phenoxy) is 2. The zero-order valence-corrected chi connectivity index (χ0v) is 17.9. The number of carbonyl (C=O) groups is 2. The first kappa shape index (κ1) is 21.6. The minimum absolute atomic E-state index is 0.000156. The SMILES string of the molecule is O=C(NNC(=O)C1Cc2cc(Cl)ccc2O1)c1cccc(S(=O)(=O)N2CCOCC2)c1. The molecule has 1 fully saturated rings. The van der Waals surface area contributed by atoms with Crippen LogP contribution in [-0.4, -0.2) is 56.9 Å². The van der Waals surface area contributed by atoms with Gasteiger partial charge in [-0.05, 0) is 42.0 Å². The number of halogens is 1. The summed E-state index contributed by atoms with van der Waals surface area (Å²) in [6.45, 7) is 1.16. The minimum Gasteiger partial charge on any atom is -0.480 e. The fourth-order valence-corrected chi connectivity index (χ4v) is 5.02. The molecule has 0 spiro atoms. The Balaban J connectivity index is 1.38. The summed E-state index contributed by atoms with van der Waals surface area (Å²) in [5.74, 6) is -0.611. The molecular weight excluding hydrogens is 446 g/mol. The van der Waals surface area contributed by atoms with Crippen LogP contribution in [0.15, 0.2) is 47.4 Å². The van der Waals surface area contributed by atoms with Crippen LogP contribution in [0.25, 0.3) is 0 Å². The lowest BCUT2D eigenvalue weighted by Crippen LogP contribution is -2.47. The lowest BCUT2D eigenvalue weighted by molar-refractivity contribution is -0.128. The van der Waals surface area contributed by atoms with E-state index < -0.39 is 27.9 Å². The minimum atomic E-state index is -3.74. The van der Waals surface area contributed by atoms with Crippen molar-refractivity contribution in [2.45, 2.75) is 17.4 Å². The van der Waals surface area contributed by atoms with E-state index in [1.54, 1.807) is 18.2 Å². The summed E-state index contributed by atoms with van der Waals surface area (Å²) in [5.41, 5.74) is 5.52. The quantitative estimate of drug-likeness (QED) is 0.654. The van der Waals surface area contributed by atoms with E-state index in [1.807, 2.05) is 0 Å². The molecule has 0 radical (unpaired) electrons. The molecule has 1 saturated heterocycles. The van der Waals surface area contributed by atoms with Gasteiger partial charge in [0, 0.05) is 30.1 Å². The van der Waals surface area contributed by atoms with Crippen LogP contribution in [0.3, 0.4) is 0 Å². The zero-order chi connectivity index (χ0) is 22.0. The van der Waals surface area contributed by atoms with Crippen molar-refractivity contribution >= 4 is 33.4 Å². The molecule has 0 saturated carbocycles. The third kappa shape index (κ3) is 4.67. The maximum atomic E-state index is 12.8. The number of morpholine rings is 1. The second kappa shape index (κ2) is 8.83. The van der Waals surface area contributed by atoms with E-state index in [9.17, 15) is 18.0 Å². The Hall–Kier alpha value is -2.66. The molecule has 0 aliphatic carbocycles. The molecule has 11 heteroatoms. The molecule has 31 heavy (non-hydrogen) atoms. The summed E-state index contributed by atoms with van der Waals surface area (Å²) in [6, 6.07) is 10.7. The molecule has 2 aromatic carbocycles. The number of nitrogens with zero attached hydrogens (tertiary/aromatic N) is 1. The van der Waals surface area contributed by atoms with Crippen LogP contribution in [0.2, 0.25) is 5.02 Å². The topological polar surface area (TPSA) is 114 Å². The Kier molecular flexibility index (Phi) is 6.15. The Morgan fingerprint density at radius 1 is 1.06 bits per heavy atom. The Morgan fingerprint density at radius 2 is 1.84 bits per heavy atom. The van der Waals surface area contributed by atoms with Crippen LogP contribution in [0.4, 0.5) is 0 Å². The number of hydrogen-bond donors (Lipinski definition) is 2. The highest BCUT2D eigenvalue weighted by atomic mass is 35.5. The standard InChI is InChI=1S/C20H20ClN3O6S/c21-15-4-5-17-14(10-15)12-18(30-17)20(26)23-22-19(25)13-2-1-3-16(11-13)31(27,28)24-6-8-29-9-7-24/h1-5,10-11,18H,6-9,12H2,(H,22,25)(H,23,26). The molecule has 164 valence electrons. The van der Waals surface area contributed by atoms with E-state index in [2.05, 4.69) is 10.9 Å². The Morgan fingerprint density at radius 3 is 2.61 bits per heavy atom. The van der Waals surface area contributed by atoms with Crippen LogP contribution in [-0.2, 0) is 26.0 Å². The fourth-order valence-electron chi connectivity index (χ4n) is 3.37. The summed E-state index contributed by atoms with van der Waals surface area (Å²) >= 11 is 5.95. The van der Waals surface area contributed by atoms with Crippen LogP contribution >= 0.6 is 11.6 Å². The van der Waals surface area contributed by atoms with Crippen molar-refractivity contribution in [1.29, 1.82) is 0 Å². The maximum Gasteiger partial charge on any atom is 0.279 e. The van der Waals surface area contributed by atoms with Crippen molar-refractivity contribution in [2.24, 2.45) is 0 Å². The van der Waals surface area contributed by atoms with Gasteiger partial charge in [0.25, 0.3) is 11.8 Å². The number of carbonyl (C=O) groups excluding carboxylic acids is 2. The molecule has 2 amide bonds. The van der Waals surface area contributed by atoms with E-state index in [0.717, 1.165) is 5.56 Å². The molecule has 0 aromatic heterocycles. The maximum absolute atomic E-state index is 12.8. The van der Waals surface area contributed by atoms with E-state index >= 15 is 0 Å². The molecule has 2 N–H and O–H groups in total. The van der Waals surface area contributed by atoms with Crippen molar-refractivity contribution in [1.82, 2.24) is 15.2 Å². The number of hydrogen-bond acceptors (Lipinski definition) is 6. The van der Waals surface area contributed by atoms with E-state index in [1.165, 1.54) is 28.6 Å². The average molecular weight is 466 g/mol. The number of fused-ring (bicyclic) bond motifs is 1. The Labute approximate surface area is 184 Å². The zero-order valence-electron chi connectivity index (χ0n) is 16.3. The molecule has 9 nitrogen and oxygen atoms in total. The summed E-state index contributed by atoms with van der Waals surface area (Å²) < 4.78 is 37.6. The normalized spacial score (nSPS) is 18.7. The number of nitrogens with one attached hydrogen (secondary N) is 2. The van der Waals surface area contributed by atoms with Crippen molar-refractivity contribution in [2.75, 3.05) is 26.3 Å². The van der Waals surface area contributed by atoms with Gasteiger partial charge in [0.2, 0.25) is 10.0 Å². The van der Waals surface area contributed by atoms with Crippen molar-refractivity contribution in [3.8, 4) is 5.75 Å². The van der Waals surface area contributed by atoms with Gasteiger partial charge in [0.05, 0.1) is 18.1 Å². The summed E-state index contributed by atoms with van der Waals surface area (Å²) in [7, 11) is -3.74. The van der Waals surface area contributed by atoms with Crippen molar-refractivity contribution in [3.63, 3.8) is 0 Å². The first-order valence-corrected chi connectivity index (χ1v) is 11.4. The van der Waals surface area contributed by atoms with Gasteiger partial charge in [0.1, 0.15) is 5.75 Å². The van der Waals surface area contributed by atoms with E-state index in [0.29, 0.717) is 30.4 Å². The smallest absolute Gasteiger partial charge is 0.279 e. The van der Waals surface area contributed by atoms with E-state index in [-0.39, 0.29) is 23.5 Å². The predicted molar refractivity (Wildman–Crippen MR) is 111 cm³/mol. The van der Waals surface area contributed by atoms with Gasteiger partial charge in [-0.3, -0.25) is 20.4 Å². The number of rotatable bonds is 4. The summed E-state index contributed by atoms with van der Waals surface area (Å²) in [4.78, 5) is 24.8. The number of benzene rings is 2. The number of hydrazine groups is 1. The highest BCUT2D eigenvalue weighted by molar-refractivity contribution is 7.89. The molecule has 0 bridgehead atoms. The van der Waals surface area contributed by atoms with Gasteiger partial charge in [-0.25, -0.2) is 8.42 Å². The highest BCUT2D eigenvalue weighted by Crippen LogP contribution is 2.31. The molecule has 1 unspecified atom stereocenters. The third-order valence-corrected chi connectivity index (χ3v) is 7.12. The first-order valence-electron chi connectivity index (χ1n) is 9.58. The predicted octanol–water partition coefficient (Wildman–Crippen LogP) is 1.13. The van der Waals surface area contributed by atoms with Gasteiger partial charge in [0.15, 0.2) is 6.10 Å². The fraction of sp³-hybridized carbons (Fsp3) is 0.300. The van der Waals surface area contributed by atoms with Crippen LogP contribution in [0.1, 0.15) is 15.9 Å². The second-order valence-corrected chi connectivity index (χ2v) is 9.42. The molecule has 2 aliphatic rings. The molecule has 1 atom stereocenters. The molecule has 2 heterocycles. The van der Waals surface area contributed by atoms with Crippen LogP contribution < -0.4 is 15.6 Å². The van der Waals surface area contributed by atoms with Gasteiger partial charge in [-0.1, -0.05) is 17.7 Å². The van der Waals surface area contributed by atoms with E-state index in [4.69, 9.17) is 21.1 Å². The molecular formula is C20H20ClN3O6S. The van der Waals surface area contributed by atoms with Crippen LogP contribution in [0.5, 0.6) is 5.75 Å². The highest BCUT2D eigenvalue weighted by Gasteiger charge is 2.30.